The van der Waals surface area contributed by atoms with Gasteiger partial charge in [-0.25, -0.2) is 8.42 Å². The number of aryl methyl sites for hydroxylation is 2. The number of anilines is 1. The number of hydrogen-bond acceptors (Lipinski definition) is 4. The lowest BCUT2D eigenvalue weighted by Gasteiger charge is -2.33. The highest BCUT2D eigenvalue weighted by atomic mass is 35.5. The fraction of sp³-hybridized carbons (Fsp3) is 0.462. The highest BCUT2D eigenvalue weighted by Gasteiger charge is 2.32. The van der Waals surface area contributed by atoms with E-state index in [1.165, 1.54) is 4.90 Å². The number of para-hydroxylation sites is 1. The summed E-state index contributed by atoms with van der Waals surface area (Å²) in [6.07, 6.45) is 3.21. The molecule has 0 fully saturated rings. The van der Waals surface area contributed by atoms with E-state index in [-0.39, 0.29) is 12.5 Å². The Labute approximate surface area is 214 Å². The maximum absolute atomic E-state index is 13.7. The average molecular weight is 522 g/mol. The van der Waals surface area contributed by atoms with Gasteiger partial charge in [0.05, 0.1) is 11.9 Å². The van der Waals surface area contributed by atoms with Crippen molar-refractivity contribution in [1.29, 1.82) is 0 Å². The molecule has 0 spiro atoms. The molecule has 0 saturated heterocycles. The van der Waals surface area contributed by atoms with Crippen LogP contribution in [-0.4, -0.2) is 50.5 Å². The molecule has 2 rings (SSSR count). The van der Waals surface area contributed by atoms with Gasteiger partial charge in [0.1, 0.15) is 12.6 Å². The number of amides is 2. The molecule has 0 aliphatic carbocycles. The Hall–Kier alpha value is -2.58. The Morgan fingerprint density at radius 1 is 1.03 bits per heavy atom. The van der Waals surface area contributed by atoms with Crippen molar-refractivity contribution in [2.45, 2.75) is 59.5 Å². The van der Waals surface area contributed by atoms with E-state index in [1.807, 2.05) is 52.0 Å². The number of carbonyl (C=O) groups is 2. The molecule has 2 amide bonds. The Morgan fingerprint density at radius 2 is 1.66 bits per heavy atom. The maximum Gasteiger partial charge on any atom is 0.244 e. The van der Waals surface area contributed by atoms with E-state index in [2.05, 4.69) is 5.32 Å². The number of nitrogens with zero attached hydrogens (tertiary/aromatic N) is 2. The lowest BCUT2D eigenvalue weighted by Crippen LogP contribution is -2.52. The summed E-state index contributed by atoms with van der Waals surface area (Å²) in [7, 11) is -3.78. The number of halogens is 1. The van der Waals surface area contributed by atoms with Crippen molar-refractivity contribution >= 4 is 39.1 Å². The second kappa shape index (κ2) is 12.9. The number of hydrogen-bond donors (Lipinski definition) is 1. The summed E-state index contributed by atoms with van der Waals surface area (Å²) in [6.45, 7) is 7.65. The Balaban J connectivity index is 2.47. The molecule has 2 aromatic carbocycles. The van der Waals surface area contributed by atoms with Gasteiger partial charge in [-0.15, -0.1) is 0 Å². The zero-order valence-corrected chi connectivity index (χ0v) is 22.7. The fourth-order valence-corrected chi connectivity index (χ4v) is 5.17. The van der Waals surface area contributed by atoms with Crippen LogP contribution in [0.3, 0.4) is 0 Å². The average Bonchev–Trinajstić information content (AvgIpc) is 2.78. The largest absolute Gasteiger partial charge is 0.354 e. The first-order chi connectivity index (χ1) is 16.5. The van der Waals surface area contributed by atoms with Crippen LogP contribution in [0.25, 0.3) is 0 Å². The van der Waals surface area contributed by atoms with Crippen molar-refractivity contribution in [2.75, 3.05) is 23.7 Å². The lowest BCUT2D eigenvalue weighted by atomic mass is 10.1. The first kappa shape index (κ1) is 28.7. The third-order valence-corrected chi connectivity index (χ3v) is 7.36. The van der Waals surface area contributed by atoms with Crippen molar-refractivity contribution in [3.05, 3.63) is 64.2 Å². The van der Waals surface area contributed by atoms with Crippen molar-refractivity contribution in [2.24, 2.45) is 0 Å². The normalized spacial score (nSPS) is 12.2. The standard InChI is InChI=1S/C26H36ClN3O4S/c1-6-8-16-28-26(32)23(7-2)29(17-21-14-9-10-15-22(21)27)24(31)18-30(35(5,33)34)25-19(3)12-11-13-20(25)4/h9-15,23H,6-8,16-18H2,1-5H3,(H,28,32). The summed E-state index contributed by atoms with van der Waals surface area (Å²) in [5, 5.41) is 3.38. The van der Waals surface area contributed by atoms with Crippen LogP contribution < -0.4 is 9.62 Å². The fourth-order valence-electron chi connectivity index (χ4n) is 4.01. The molecule has 1 unspecified atom stereocenters. The van der Waals surface area contributed by atoms with E-state index in [0.717, 1.165) is 34.5 Å². The first-order valence-electron chi connectivity index (χ1n) is 11.9. The third-order valence-electron chi connectivity index (χ3n) is 5.88. The van der Waals surface area contributed by atoms with Gasteiger partial charge in [0, 0.05) is 18.1 Å². The Morgan fingerprint density at radius 3 is 2.20 bits per heavy atom. The van der Waals surface area contributed by atoms with E-state index in [0.29, 0.717) is 29.2 Å². The minimum absolute atomic E-state index is 0.0859. The molecule has 9 heteroatoms. The number of carbonyl (C=O) groups excluding carboxylic acids is 2. The molecule has 1 atom stereocenters. The molecule has 0 radical (unpaired) electrons. The van der Waals surface area contributed by atoms with Crippen molar-refractivity contribution in [3.63, 3.8) is 0 Å². The van der Waals surface area contributed by atoms with Gasteiger partial charge in [0.25, 0.3) is 0 Å². The number of nitrogens with one attached hydrogen (secondary N) is 1. The molecule has 35 heavy (non-hydrogen) atoms. The van der Waals surface area contributed by atoms with Crippen LogP contribution in [0.4, 0.5) is 5.69 Å². The van der Waals surface area contributed by atoms with E-state index >= 15 is 0 Å². The molecule has 192 valence electrons. The first-order valence-corrected chi connectivity index (χ1v) is 14.1. The van der Waals surface area contributed by atoms with Crippen LogP contribution in [0, 0.1) is 13.8 Å². The van der Waals surface area contributed by atoms with E-state index < -0.39 is 28.5 Å². The summed E-state index contributed by atoms with van der Waals surface area (Å²) < 4.78 is 26.7. The van der Waals surface area contributed by atoms with E-state index in [1.54, 1.807) is 18.2 Å². The molecule has 1 N–H and O–H groups in total. The zero-order valence-electron chi connectivity index (χ0n) is 21.2. The molecular weight excluding hydrogens is 486 g/mol. The van der Waals surface area contributed by atoms with Gasteiger partial charge in [-0.05, 0) is 49.4 Å². The molecule has 0 aromatic heterocycles. The molecule has 0 heterocycles. The minimum atomic E-state index is -3.78. The van der Waals surface area contributed by atoms with Crippen molar-refractivity contribution < 1.29 is 18.0 Å². The van der Waals surface area contributed by atoms with Crippen LogP contribution in [0.1, 0.15) is 49.8 Å². The van der Waals surface area contributed by atoms with Gasteiger partial charge in [-0.3, -0.25) is 13.9 Å². The number of rotatable bonds is 12. The maximum atomic E-state index is 13.7. The molecular formula is C26H36ClN3O4S. The molecule has 7 nitrogen and oxygen atoms in total. The summed E-state index contributed by atoms with van der Waals surface area (Å²) in [6, 6.07) is 11.8. The third kappa shape index (κ3) is 7.70. The van der Waals surface area contributed by atoms with Crippen molar-refractivity contribution in [1.82, 2.24) is 10.2 Å². The van der Waals surface area contributed by atoms with E-state index in [4.69, 9.17) is 11.6 Å². The minimum Gasteiger partial charge on any atom is -0.354 e. The monoisotopic (exact) mass is 521 g/mol. The zero-order chi connectivity index (χ0) is 26.2. The van der Waals surface area contributed by atoms with Gasteiger partial charge < -0.3 is 10.2 Å². The summed E-state index contributed by atoms with van der Waals surface area (Å²) in [5.74, 6) is -0.741. The van der Waals surface area contributed by atoms with Crippen LogP contribution in [0.15, 0.2) is 42.5 Å². The number of benzene rings is 2. The van der Waals surface area contributed by atoms with Gasteiger partial charge in [-0.1, -0.05) is 68.3 Å². The second-order valence-electron chi connectivity index (χ2n) is 8.69. The van der Waals surface area contributed by atoms with Gasteiger partial charge in [-0.2, -0.15) is 0 Å². The van der Waals surface area contributed by atoms with Crippen LogP contribution in [0.5, 0.6) is 0 Å². The van der Waals surface area contributed by atoms with Crippen molar-refractivity contribution in [3.8, 4) is 0 Å². The topological polar surface area (TPSA) is 86.8 Å². The predicted octanol–water partition coefficient (Wildman–Crippen LogP) is 4.45. The highest BCUT2D eigenvalue weighted by Crippen LogP contribution is 2.27. The van der Waals surface area contributed by atoms with Crippen LogP contribution in [-0.2, 0) is 26.2 Å². The van der Waals surface area contributed by atoms with Crippen LogP contribution >= 0.6 is 11.6 Å². The Kier molecular flexibility index (Phi) is 10.6. The molecule has 0 bridgehead atoms. The number of sulfonamides is 1. The second-order valence-corrected chi connectivity index (χ2v) is 11.0. The number of unbranched alkanes of at least 4 members (excludes halogenated alkanes) is 1. The predicted molar refractivity (Wildman–Crippen MR) is 142 cm³/mol. The van der Waals surface area contributed by atoms with Gasteiger partial charge >= 0.3 is 0 Å². The Bertz CT molecular complexity index is 1120. The molecule has 0 aliphatic heterocycles. The van der Waals surface area contributed by atoms with Crippen LogP contribution in [0.2, 0.25) is 5.02 Å². The molecule has 0 saturated carbocycles. The molecule has 0 aliphatic rings. The highest BCUT2D eigenvalue weighted by molar-refractivity contribution is 7.92. The quantitative estimate of drug-likeness (QED) is 0.418. The van der Waals surface area contributed by atoms with Gasteiger partial charge in [0.2, 0.25) is 21.8 Å². The SMILES string of the molecule is CCCCNC(=O)C(CC)N(Cc1ccccc1Cl)C(=O)CN(c1c(C)cccc1C)S(C)(=O)=O. The lowest BCUT2D eigenvalue weighted by molar-refractivity contribution is -0.140. The summed E-state index contributed by atoms with van der Waals surface area (Å²) in [5.41, 5.74) is 2.64. The van der Waals surface area contributed by atoms with Gasteiger partial charge in [0.15, 0.2) is 0 Å². The summed E-state index contributed by atoms with van der Waals surface area (Å²) in [4.78, 5) is 28.2. The molecule has 2 aromatic rings. The smallest absolute Gasteiger partial charge is 0.244 e. The summed E-state index contributed by atoms with van der Waals surface area (Å²) >= 11 is 6.37. The van der Waals surface area contributed by atoms with E-state index in [9.17, 15) is 18.0 Å².